The number of unbranched alkanes of at least 4 members (excludes halogenated alkanes) is 1. The molecule has 2 N–H and O–H groups in total. The zero-order valence-corrected chi connectivity index (χ0v) is 12.2. The van der Waals surface area contributed by atoms with Gasteiger partial charge in [0.15, 0.2) is 0 Å². The van der Waals surface area contributed by atoms with Crippen LogP contribution in [0.1, 0.15) is 31.2 Å². The number of hydrogen-bond acceptors (Lipinski definition) is 4. The highest BCUT2D eigenvalue weighted by molar-refractivity contribution is 5.57. The molecule has 1 unspecified atom stereocenters. The molecule has 5 heteroatoms. The highest BCUT2D eigenvalue weighted by atomic mass is 19.1. The standard InChI is InChI=1S/C16H22FN3O/c17-15-6-3-7-16(14(15)11-18)19-8-1-2-9-20-10-4-5-13(20)12-21/h3,6-7,13,19,21H,1-2,4-5,8-10,12H2. The fraction of sp³-hybridized carbons (Fsp3) is 0.562. The van der Waals surface area contributed by atoms with Gasteiger partial charge in [-0.3, -0.25) is 4.90 Å². The zero-order valence-electron chi connectivity index (χ0n) is 12.2. The van der Waals surface area contributed by atoms with E-state index in [9.17, 15) is 9.50 Å². The Morgan fingerprint density at radius 2 is 2.29 bits per heavy atom. The first-order chi connectivity index (χ1) is 10.3. The van der Waals surface area contributed by atoms with Gasteiger partial charge < -0.3 is 10.4 Å². The molecule has 0 bridgehead atoms. The van der Waals surface area contributed by atoms with Gasteiger partial charge in [-0.25, -0.2) is 4.39 Å². The second kappa shape index (κ2) is 7.96. The lowest BCUT2D eigenvalue weighted by atomic mass is 10.1. The molecule has 1 heterocycles. The molecule has 0 amide bonds. The van der Waals surface area contributed by atoms with E-state index < -0.39 is 5.82 Å². The number of benzene rings is 1. The maximum atomic E-state index is 13.4. The summed E-state index contributed by atoms with van der Waals surface area (Å²) in [6.07, 6.45) is 4.23. The van der Waals surface area contributed by atoms with E-state index in [0.29, 0.717) is 11.7 Å². The fourth-order valence-corrected chi connectivity index (χ4v) is 2.84. The van der Waals surface area contributed by atoms with Gasteiger partial charge in [0.1, 0.15) is 17.4 Å². The minimum atomic E-state index is -0.481. The van der Waals surface area contributed by atoms with Gasteiger partial charge in [0.05, 0.1) is 12.3 Å². The highest BCUT2D eigenvalue weighted by Gasteiger charge is 2.22. The smallest absolute Gasteiger partial charge is 0.143 e. The van der Waals surface area contributed by atoms with Crippen molar-refractivity contribution in [2.75, 3.05) is 31.6 Å². The lowest BCUT2D eigenvalue weighted by Gasteiger charge is -2.22. The Hall–Kier alpha value is -1.64. The molecule has 1 saturated heterocycles. The van der Waals surface area contributed by atoms with Gasteiger partial charge in [-0.2, -0.15) is 5.26 Å². The molecule has 114 valence electrons. The molecule has 1 fully saturated rings. The predicted octanol–water partition coefficient (Wildman–Crippen LogP) is 2.35. The van der Waals surface area contributed by atoms with E-state index in [1.54, 1.807) is 12.1 Å². The molecule has 1 aromatic rings. The number of aliphatic hydroxyl groups excluding tert-OH is 1. The van der Waals surface area contributed by atoms with Gasteiger partial charge in [0.2, 0.25) is 0 Å². The van der Waals surface area contributed by atoms with Gasteiger partial charge >= 0.3 is 0 Å². The number of anilines is 1. The van der Waals surface area contributed by atoms with Crippen LogP contribution in [0.2, 0.25) is 0 Å². The van der Waals surface area contributed by atoms with Crippen LogP contribution < -0.4 is 5.32 Å². The first kappa shape index (κ1) is 15.7. The van der Waals surface area contributed by atoms with Crippen molar-refractivity contribution in [2.24, 2.45) is 0 Å². The molecule has 0 radical (unpaired) electrons. The molecule has 4 nitrogen and oxygen atoms in total. The topological polar surface area (TPSA) is 59.3 Å². The average molecular weight is 291 g/mol. The molecule has 1 aliphatic heterocycles. The molecule has 2 rings (SSSR count). The normalized spacial score (nSPS) is 18.6. The Labute approximate surface area is 125 Å². The summed E-state index contributed by atoms with van der Waals surface area (Å²) >= 11 is 0. The van der Waals surface area contributed by atoms with Crippen LogP contribution in [0, 0.1) is 17.1 Å². The Morgan fingerprint density at radius 1 is 1.43 bits per heavy atom. The molecule has 1 atom stereocenters. The Morgan fingerprint density at radius 3 is 3.05 bits per heavy atom. The first-order valence-electron chi connectivity index (χ1n) is 7.53. The molecular formula is C16H22FN3O. The van der Waals surface area contributed by atoms with E-state index in [-0.39, 0.29) is 12.2 Å². The maximum absolute atomic E-state index is 13.4. The third kappa shape index (κ3) is 4.16. The summed E-state index contributed by atoms with van der Waals surface area (Å²) in [7, 11) is 0. The Kier molecular flexibility index (Phi) is 5.97. The SMILES string of the molecule is N#Cc1c(F)cccc1NCCCCN1CCCC1CO. The van der Waals surface area contributed by atoms with Crippen molar-refractivity contribution < 1.29 is 9.50 Å². The molecule has 0 saturated carbocycles. The summed E-state index contributed by atoms with van der Waals surface area (Å²) in [4.78, 5) is 2.34. The van der Waals surface area contributed by atoms with Crippen LogP contribution in [0.25, 0.3) is 0 Å². The summed E-state index contributed by atoms with van der Waals surface area (Å²) in [5.74, 6) is -0.481. The van der Waals surface area contributed by atoms with Gasteiger partial charge in [-0.05, 0) is 50.9 Å². The van der Waals surface area contributed by atoms with Gasteiger partial charge in [-0.15, -0.1) is 0 Å². The van der Waals surface area contributed by atoms with Crippen LogP contribution >= 0.6 is 0 Å². The van der Waals surface area contributed by atoms with E-state index in [1.165, 1.54) is 6.07 Å². The van der Waals surface area contributed by atoms with Crippen molar-refractivity contribution in [1.82, 2.24) is 4.90 Å². The average Bonchev–Trinajstić information content (AvgIpc) is 2.94. The van der Waals surface area contributed by atoms with Gasteiger partial charge in [0, 0.05) is 12.6 Å². The van der Waals surface area contributed by atoms with E-state index in [2.05, 4.69) is 10.2 Å². The third-order valence-electron chi connectivity index (χ3n) is 4.02. The number of nitriles is 1. The minimum Gasteiger partial charge on any atom is -0.395 e. The molecule has 0 aliphatic carbocycles. The molecule has 21 heavy (non-hydrogen) atoms. The van der Waals surface area contributed by atoms with Crippen molar-refractivity contribution in [3.8, 4) is 6.07 Å². The maximum Gasteiger partial charge on any atom is 0.143 e. The molecule has 1 aromatic carbocycles. The van der Waals surface area contributed by atoms with E-state index in [0.717, 1.165) is 45.3 Å². The van der Waals surface area contributed by atoms with Crippen molar-refractivity contribution in [3.63, 3.8) is 0 Å². The number of likely N-dealkylation sites (tertiary alicyclic amines) is 1. The molecule has 0 aromatic heterocycles. The predicted molar refractivity (Wildman–Crippen MR) is 80.5 cm³/mol. The number of aliphatic hydroxyl groups is 1. The van der Waals surface area contributed by atoms with Crippen LogP contribution in [0.15, 0.2) is 18.2 Å². The van der Waals surface area contributed by atoms with Crippen molar-refractivity contribution in [2.45, 2.75) is 31.7 Å². The number of rotatable bonds is 7. The van der Waals surface area contributed by atoms with Gasteiger partial charge in [-0.1, -0.05) is 6.07 Å². The summed E-state index contributed by atoms with van der Waals surface area (Å²) in [5.41, 5.74) is 0.643. The largest absolute Gasteiger partial charge is 0.395 e. The second-order valence-corrected chi connectivity index (χ2v) is 5.42. The van der Waals surface area contributed by atoms with Crippen molar-refractivity contribution in [3.05, 3.63) is 29.6 Å². The van der Waals surface area contributed by atoms with E-state index in [1.807, 2.05) is 6.07 Å². The number of nitrogens with one attached hydrogen (secondary N) is 1. The van der Waals surface area contributed by atoms with Crippen LogP contribution in [0.3, 0.4) is 0 Å². The number of nitrogens with zero attached hydrogens (tertiary/aromatic N) is 2. The molecule has 0 spiro atoms. The molecule has 1 aliphatic rings. The lowest BCUT2D eigenvalue weighted by Crippen LogP contribution is -2.33. The zero-order chi connectivity index (χ0) is 15.1. The first-order valence-corrected chi connectivity index (χ1v) is 7.53. The summed E-state index contributed by atoms with van der Waals surface area (Å²) in [6.45, 7) is 3.02. The van der Waals surface area contributed by atoms with E-state index in [4.69, 9.17) is 5.26 Å². The monoisotopic (exact) mass is 291 g/mol. The van der Waals surface area contributed by atoms with Crippen LogP contribution in [0.4, 0.5) is 10.1 Å². The van der Waals surface area contributed by atoms with Crippen molar-refractivity contribution in [1.29, 1.82) is 5.26 Å². The third-order valence-corrected chi connectivity index (χ3v) is 4.02. The fourth-order valence-electron chi connectivity index (χ4n) is 2.84. The highest BCUT2D eigenvalue weighted by Crippen LogP contribution is 2.19. The van der Waals surface area contributed by atoms with Crippen LogP contribution in [-0.2, 0) is 0 Å². The van der Waals surface area contributed by atoms with E-state index >= 15 is 0 Å². The molecular weight excluding hydrogens is 269 g/mol. The van der Waals surface area contributed by atoms with Gasteiger partial charge in [0.25, 0.3) is 0 Å². The van der Waals surface area contributed by atoms with Crippen LogP contribution in [-0.4, -0.2) is 42.3 Å². The number of halogens is 1. The summed E-state index contributed by atoms with van der Waals surface area (Å²) in [5, 5.41) is 21.3. The second-order valence-electron chi connectivity index (χ2n) is 5.42. The lowest BCUT2D eigenvalue weighted by molar-refractivity contribution is 0.157. The summed E-state index contributed by atoms with van der Waals surface area (Å²) in [6, 6.07) is 6.84. The van der Waals surface area contributed by atoms with Crippen molar-refractivity contribution >= 4 is 5.69 Å². The Balaban J connectivity index is 1.71. The van der Waals surface area contributed by atoms with Crippen LogP contribution in [0.5, 0.6) is 0 Å². The summed E-state index contributed by atoms with van der Waals surface area (Å²) < 4.78 is 13.4. The Bertz CT molecular complexity index is 501. The number of hydrogen-bond donors (Lipinski definition) is 2. The minimum absolute atomic E-state index is 0.0809. The quantitative estimate of drug-likeness (QED) is 0.757.